The zero-order valence-corrected chi connectivity index (χ0v) is 14.5. The number of aliphatic hydroxyl groups excluding tert-OH is 1. The minimum Gasteiger partial charge on any atom is -0.393 e. The molecule has 0 aliphatic carbocycles. The normalized spacial score (nSPS) is 17.0. The summed E-state index contributed by atoms with van der Waals surface area (Å²) in [6, 6.07) is 7.90. The molecule has 0 aromatic heterocycles. The third kappa shape index (κ3) is 5.43. The van der Waals surface area contributed by atoms with Crippen molar-refractivity contribution in [2.24, 2.45) is 5.92 Å². The van der Waals surface area contributed by atoms with Crippen LogP contribution in [0.15, 0.2) is 24.3 Å². The Bertz CT molecular complexity index is 493. The first kappa shape index (κ1) is 17.6. The molecule has 2 amide bonds. The molecular weight excluding hydrogens is 290 g/mol. The zero-order valence-electron chi connectivity index (χ0n) is 14.5. The molecule has 23 heavy (non-hydrogen) atoms. The van der Waals surface area contributed by atoms with Gasteiger partial charge in [0.15, 0.2) is 0 Å². The molecule has 1 unspecified atom stereocenters. The number of hydrogen-bond donors (Lipinski definition) is 2. The van der Waals surface area contributed by atoms with Gasteiger partial charge in [0.2, 0.25) is 0 Å². The highest BCUT2D eigenvalue weighted by atomic mass is 16.3. The van der Waals surface area contributed by atoms with Gasteiger partial charge in [-0.3, -0.25) is 0 Å². The van der Waals surface area contributed by atoms with Gasteiger partial charge in [-0.15, -0.1) is 0 Å². The first-order valence-electron chi connectivity index (χ1n) is 8.51. The molecule has 0 radical (unpaired) electrons. The van der Waals surface area contributed by atoms with E-state index in [-0.39, 0.29) is 6.03 Å². The summed E-state index contributed by atoms with van der Waals surface area (Å²) in [4.78, 5) is 16.1. The third-order valence-corrected chi connectivity index (χ3v) is 4.50. The van der Waals surface area contributed by atoms with Gasteiger partial charge in [-0.1, -0.05) is 6.92 Å². The van der Waals surface area contributed by atoms with Crippen molar-refractivity contribution in [3.8, 4) is 0 Å². The van der Waals surface area contributed by atoms with Crippen molar-refractivity contribution in [1.29, 1.82) is 0 Å². The number of aliphatic hydroxyl groups is 1. The van der Waals surface area contributed by atoms with E-state index < -0.39 is 6.10 Å². The van der Waals surface area contributed by atoms with Gasteiger partial charge >= 0.3 is 6.03 Å². The summed E-state index contributed by atoms with van der Waals surface area (Å²) < 4.78 is 0. The second-order valence-electron chi connectivity index (χ2n) is 6.71. The number of piperidine rings is 1. The summed E-state index contributed by atoms with van der Waals surface area (Å²) in [5.41, 5.74) is 2.02. The molecule has 1 heterocycles. The molecule has 2 rings (SSSR count). The number of nitrogens with one attached hydrogen (secondary N) is 1. The minimum atomic E-state index is -0.392. The number of urea groups is 1. The van der Waals surface area contributed by atoms with E-state index in [0.717, 1.165) is 24.7 Å². The Balaban J connectivity index is 1.86. The van der Waals surface area contributed by atoms with Crippen LogP contribution < -0.4 is 10.2 Å². The van der Waals surface area contributed by atoms with E-state index in [4.69, 9.17) is 0 Å². The number of carbonyl (C=O) groups excluding carboxylic acids is 1. The van der Waals surface area contributed by atoms with E-state index in [9.17, 15) is 9.90 Å². The predicted octanol–water partition coefficient (Wildman–Crippen LogP) is 3.16. The maximum Gasteiger partial charge on any atom is 0.321 e. The van der Waals surface area contributed by atoms with Crippen molar-refractivity contribution >= 4 is 17.4 Å². The second kappa shape index (κ2) is 8.20. The molecule has 1 aliphatic rings. The van der Waals surface area contributed by atoms with E-state index in [1.165, 1.54) is 18.5 Å². The van der Waals surface area contributed by atoms with E-state index in [0.29, 0.717) is 13.0 Å². The molecule has 0 spiro atoms. The monoisotopic (exact) mass is 319 g/mol. The SMILES string of the molecule is CC(O)CCN(C)C(=O)Nc1ccc(N2CCC(C)CC2)cc1. The van der Waals surface area contributed by atoms with Crippen LogP contribution in [0.25, 0.3) is 0 Å². The summed E-state index contributed by atoms with van der Waals surface area (Å²) in [5.74, 6) is 0.821. The molecule has 128 valence electrons. The Hall–Kier alpha value is -1.75. The van der Waals surface area contributed by atoms with Gasteiger partial charge < -0.3 is 20.2 Å². The number of rotatable bonds is 5. The highest BCUT2D eigenvalue weighted by molar-refractivity contribution is 5.89. The van der Waals surface area contributed by atoms with Crippen LogP contribution in [0.4, 0.5) is 16.2 Å². The summed E-state index contributed by atoms with van der Waals surface area (Å²) >= 11 is 0. The Morgan fingerprint density at radius 3 is 2.52 bits per heavy atom. The molecule has 1 aliphatic heterocycles. The largest absolute Gasteiger partial charge is 0.393 e. The number of amides is 2. The van der Waals surface area contributed by atoms with E-state index in [1.807, 2.05) is 12.1 Å². The van der Waals surface area contributed by atoms with Crippen molar-refractivity contribution < 1.29 is 9.90 Å². The fourth-order valence-corrected chi connectivity index (χ4v) is 2.72. The number of carbonyl (C=O) groups is 1. The van der Waals surface area contributed by atoms with Crippen LogP contribution >= 0.6 is 0 Å². The van der Waals surface area contributed by atoms with Crippen LogP contribution in [0.1, 0.15) is 33.1 Å². The highest BCUT2D eigenvalue weighted by Gasteiger charge is 2.16. The smallest absolute Gasteiger partial charge is 0.321 e. The first-order chi connectivity index (χ1) is 11.0. The molecule has 0 bridgehead atoms. The van der Waals surface area contributed by atoms with Gasteiger partial charge in [0, 0.05) is 38.1 Å². The van der Waals surface area contributed by atoms with E-state index >= 15 is 0 Å². The topological polar surface area (TPSA) is 55.8 Å². The van der Waals surface area contributed by atoms with Crippen LogP contribution in [0.5, 0.6) is 0 Å². The van der Waals surface area contributed by atoms with Gasteiger partial charge in [0.25, 0.3) is 0 Å². The van der Waals surface area contributed by atoms with Crippen molar-refractivity contribution in [3.63, 3.8) is 0 Å². The zero-order chi connectivity index (χ0) is 16.8. The van der Waals surface area contributed by atoms with Gasteiger partial charge in [-0.05, 0) is 56.4 Å². The average molecular weight is 319 g/mol. The molecule has 5 nitrogen and oxygen atoms in total. The maximum atomic E-state index is 12.1. The summed E-state index contributed by atoms with van der Waals surface area (Å²) in [6.07, 6.45) is 2.67. The van der Waals surface area contributed by atoms with Crippen LogP contribution in [0.2, 0.25) is 0 Å². The summed E-state index contributed by atoms with van der Waals surface area (Å²) in [6.45, 7) is 6.78. The molecule has 1 fully saturated rings. The standard InChI is InChI=1S/C18H29N3O2/c1-14-8-12-21(13-9-14)17-6-4-16(5-7-17)19-18(23)20(3)11-10-15(2)22/h4-7,14-15,22H,8-13H2,1-3H3,(H,19,23). The van der Waals surface area contributed by atoms with Crippen molar-refractivity contribution in [2.45, 2.75) is 39.2 Å². The summed E-state index contributed by atoms with van der Waals surface area (Å²) in [5, 5.41) is 12.2. The fourth-order valence-electron chi connectivity index (χ4n) is 2.72. The number of hydrogen-bond acceptors (Lipinski definition) is 3. The molecule has 1 atom stereocenters. The number of benzene rings is 1. The third-order valence-electron chi connectivity index (χ3n) is 4.50. The first-order valence-corrected chi connectivity index (χ1v) is 8.51. The van der Waals surface area contributed by atoms with Crippen LogP contribution in [-0.4, -0.2) is 48.8 Å². The molecule has 1 saturated heterocycles. The Kier molecular flexibility index (Phi) is 6.28. The van der Waals surface area contributed by atoms with Gasteiger partial charge in [0.05, 0.1) is 6.10 Å². The lowest BCUT2D eigenvalue weighted by atomic mass is 9.99. The molecule has 0 saturated carbocycles. The molecule has 2 N–H and O–H groups in total. The minimum absolute atomic E-state index is 0.148. The highest BCUT2D eigenvalue weighted by Crippen LogP contribution is 2.24. The van der Waals surface area contributed by atoms with E-state index in [2.05, 4.69) is 29.3 Å². The fraction of sp³-hybridized carbons (Fsp3) is 0.611. The predicted molar refractivity (Wildman–Crippen MR) is 95.0 cm³/mol. The van der Waals surface area contributed by atoms with Crippen molar-refractivity contribution in [1.82, 2.24) is 4.90 Å². The molecular formula is C18H29N3O2. The Labute approximate surface area is 139 Å². The van der Waals surface area contributed by atoms with Gasteiger partial charge in [-0.25, -0.2) is 4.79 Å². The lowest BCUT2D eigenvalue weighted by Crippen LogP contribution is -2.33. The summed E-state index contributed by atoms with van der Waals surface area (Å²) in [7, 11) is 1.74. The lowest BCUT2D eigenvalue weighted by Gasteiger charge is -2.32. The Morgan fingerprint density at radius 1 is 1.35 bits per heavy atom. The number of nitrogens with zero attached hydrogens (tertiary/aromatic N) is 2. The lowest BCUT2D eigenvalue weighted by molar-refractivity contribution is 0.167. The van der Waals surface area contributed by atoms with Gasteiger partial charge in [0.1, 0.15) is 0 Å². The average Bonchev–Trinajstić information content (AvgIpc) is 2.54. The second-order valence-corrected chi connectivity index (χ2v) is 6.71. The maximum absolute atomic E-state index is 12.1. The van der Waals surface area contributed by atoms with Crippen LogP contribution in [0, 0.1) is 5.92 Å². The molecule has 5 heteroatoms. The number of anilines is 2. The molecule has 1 aromatic carbocycles. The molecule has 1 aromatic rings. The van der Waals surface area contributed by atoms with Crippen LogP contribution in [-0.2, 0) is 0 Å². The van der Waals surface area contributed by atoms with Crippen molar-refractivity contribution in [2.75, 3.05) is 36.9 Å². The quantitative estimate of drug-likeness (QED) is 0.876. The Morgan fingerprint density at radius 2 is 1.96 bits per heavy atom. The van der Waals surface area contributed by atoms with Crippen LogP contribution in [0.3, 0.4) is 0 Å². The van der Waals surface area contributed by atoms with E-state index in [1.54, 1.807) is 18.9 Å². The van der Waals surface area contributed by atoms with Gasteiger partial charge in [-0.2, -0.15) is 0 Å². The van der Waals surface area contributed by atoms with Crippen molar-refractivity contribution in [3.05, 3.63) is 24.3 Å².